The number of thiazole rings is 1. The molecule has 11 heteroatoms. The number of benzene rings is 2. The largest absolute Gasteiger partial charge is 0.345 e. The van der Waals surface area contributed by atoms with Gasteiger partial charge in [-0.3, -0.25) is 14.4 Å². The third-order valence-electron chi connectivity index (χ3n) is 5.08. The van der Waals surface area contributed by atoms with Crippen LogP contribution in [0, 0.1) is 0 Å². The highest BCUT2D eigenvalue weighted by atomic mass is 32.2. The van der Waals surface area contributed by atoms with Crippen molar-refractivity contribution < 1.29 is 18.0 Å². The Hall–Kier alpha value is -3.70. The van der Waals surface area contributed by atoms with E-state index in [1.54, 1.807) is 24.6 Å². The minimum atomic E-state index is -3.44. The number of hydrogen-bond donors (Lipinski definition) is 1. The van der Waals surface area contributed by atoms with E-state index < -0.39 is 15.7 Å². The monoisotopic (exact) mass is 496 g/mol. The molecule has 174 valence electrons. The van der Waals surface area contributed by atoms with Gasteiger partial charge in [-0.05, 0) is 30.3 Å². The molecule has 0 aliphatic rings. The maximum atomic E-state index is 12.4. The minimum absolute atomic E-state index is 0.0316. The molecule has 0 radical (unpaired) electrons. The summed E-state index contributed by atoms with van der Waals surface area (Å²) in [6.45, 7) is -0.214. The van der Waals surface area contributed by atoms with E-state index >= 15 is 0 Å². The van der Waals surface area contributed by atoms with Crippen LogP contribution in [0.3, 0.4) is 0 Å². The van der Waals surface area contributed by atoms with Crippen LogP contribution in [-0.2, 0) is 28.1 Å². The predicted octanol–water partition coefficient (Wildman–Crippen LogP) is 2.00. The lowest BCUT2D eigenvalue weighted by atomic mass is 10.1. The second kappa shape index (κ2) is 9.27. The van der Waals surface area contributed by atoms with Crippen molar-refractivity contribution >= 4 is 43.8 Å². The average Bonchev–Trinajstić information content (AvgIpc) is 3.27. The molecule has 1 N–H and O–H groups in total. The van der Waals surface area contributed by atoms with Crippen LogP contribution in [0.2, 0.25) is 0 Å². The molecule has 9 nitrogen and oxygen atoms in total. The molecular weight excluding hydrogens is 476 g/mol. The van der Waals surface area contributed by atoms with Crippen LogP contribution >= 0.6 is 11.3 Å². The maximum Gasteiger partial charge on any atom is 0.260 e. The van der Waals surface area contributed by atoms with Gasteiger partial charge in [0, 0.05) is 29.8 Å². The number of nitrogens with one attached hydrogen (secondary N) is 1. The molecule has 4 rings (SSSR count). The summed E-state index contributed by atoms with van der Waals surface area (Å²) >= 11 is 1.31. The van der Waals surface area contributed by atoms with Crippen molar-refractivity contribution in [3.05, 3.63) is 75.1 Å². The first-order chi connectivity index (χ1) is 16.1. The number of sulfone groups is 1. The van der Waals surface area contributed by atoms with Crippen molar-refractivity contribution in [1.29, 1.82) is 0 Å². The van der Waals surface area contributed by atoms with E-state index in [-0.39, 0.29) is 34.8 Å². The number of carbonyl (C=O) groups is 2. The third-order valence-corrected chi connectivity index (χ3v) is 7.04. The first-order valence-corrected chi connectivity index (χ1v) is 12.9. The van der Waals surface area contributed by atoms with Crippen molar-refractivity contribution in [1.82, 2.24) is 19.9 Å². The zero-order chi connectivity index (χ0) is 24.5. The molecule has 0 unspecified atom stereocenters. The van der Waals surface area contributed by atoms with Gasteiger partial charge in [0.15, 0.2) is 15.6 Å². The van der Waals surface area contributed by atoms with Crippen molar-refractivity contribution in [2.24, 2.45) is 7.05 Å². The van der Waals surface area contributed by atoms with Crippen LogP contribution in [-0.4, -0.2) is 47.4 Å². The Bertz CT molecular complexity index is 1590. The second-order valence-corrected chi connectivity index (χ2v) is 10.7. The summed E-state index contributed by atoms with van der Waals surface area (Å²) < 4.78 is 24.7. The summed E-state index contributed by atoms with van der Waals surface area (Å²) in [6, 6.07) is 10.9. The molecule has 0 fully saturated rings. The Morgan fingerprint density at radius 3 is 2.71 bits per heavy atom. The molecule has 0 saturated carbocycles. The Morgan fingerprint density at radius 2 is 1.94 bits per heavy atom. The number of nitrogens with zero attached hydrogens (tertiary/aromatic N) is 3. The van der Waals surface area contributed by atoms with Gasteiger partial charge in [-0.2, -0.15) is 0 Å². The fourth-order valence-electron chi connectivity index (χ4n) is 3.28. The molecular formula is C23H20N4O5S2. The molecule has 2 aromatic carbocycles. The molecule has 1 amide bonds. The van der Waals surface area contributed by atoms with Crippen LogP contribution in [0.25, 0.3) is 22.2 Å². The standard InChI is InChI=1S/C23H20N4O5S2/c1-27-13-25-19-7-6-14(9-18(19)23(27)30)20-12-33-21(26-20)10-16(28)11-24-22(29)15-4-3-5-17(8-15)34(2,31)32/h3-9,12-13H,10-11H2,1-2H3,(H,24,29). The summed E-state index contributed by atoms with van der Waals surface area (Å²) in [4.78, 5) is 45.8. The lowest BCUT2D eigenvalue weighted by Gasteiger charge is -2.06. The molecule has 2 aromatic heterocycles. The number of hydrogen-bond acceptors (Lipinski definition) is 8. The van der Waals surface area contributed by atoms with Gasteiger partial charge >= 0.3 is 0 Å². The van der Waals surface area contributed by atoms with Crippen molar-refractivity contribution in [2.45, 2.75) is 11.3 Å². The zero-order valence-corrected chi connectivity index (χ0v) is 19.9. The lowest BCUT2D eigenvalue weighted by Crippen LogP contribution is -2.30. The number of amides is 1. The van der Waals surface area contributed by atoms with Gasteiger partial charge in [-0.15, -0.1) is 11.3 Å². The number of rotatable bonds is 7. The van der Waals surface area contributed by atoms with Crippen molar-refractivity contribution in [3.63, 3.8) is 0 Å². The van der Waals surface area contributed by atoms with Gasteiger partial charge in [0.25, 0.3) is 11.5 Å². The van der Waals surface area contributed by atoms with Crippen LogP contribution in [0.1, 0.15) is 15.4 Å². The highest BCUT2D eigenvalue weighted by Gasteiger charge is 2.14. The normalized spacial score (nSPS) is 11.5. The molecule has 0 saturated heterocycles. The average molecular weight is 497 g/mol. The van der Waals surface area contributed by atoms with Gasteiger partial charge < -0.3 is 9.88 Å². The summed E-state index contributed by atoms with van der Waals surface area (Å²) in [6.07, 6.45) is 2.56. The Morgan fingerprint density at radius 1 is 1.15 bits per heavy atom. The number of fused-ring (bicyclic) bond motifs is 1. The summed E-state index contributed by atoms with van der Waals surface area (Å²) in [5.74, 6) is -0.782. The first kappa shape index (κ1) is 23.5. The molecule has 2 heterocycles. The van der Waals surface area contributed by atoms with Gasteiger partial charge in [-0.25, -0.2) is 18.4 Å². The summed E-state index contributed by atoms with van der Waals surface area (Å²) in [7, 11) is -1.81. The SMILES string of the molecule is Cn1cnc2ccc(-c3csc(CC(=O)CNC(=O)c4cccc(S(C)(=O)=O)c4)n3)cc2c1=O. The van der Waals surface area contributed by atoms with Gasteiger partial charge in [0.05, 0.1) is 40.8 Å². The number of Topliss-reactive ketones (excluding diaryl/α,β-unsaturated/α-hetero) is 1. The van der Waals surface area contributed by atoms with E-state index in [0.29, 0.717) is 21.6 Å². The topological polar surface area (TPSA) is 128 Å². The highest BCUT2D eigenvalue weighted by Crippen LogP contribution is 2.24. The van der Waals surface area contributed by atoms with Crippen LogP contribution in [0.15, 0.2) is 63.9 Å². The molecule has 0 bridgehead atoms. The molecule has 4 aromatic rings. The fraction of sp³-hybridized carbons (Fsp3) is 0.174. The van der Waals surface area contributed by atoms with E-state index in [9.17, 15) is 22.8 Å². The number of carbonyl (C=O) groups excluding carboxylic acids is 2. The number of aromatic nitrogens is 3. The second-order valence-electron chi connectivity index (χ2n) is 7.72. The summed E-state index contributed by atoms with van der Waals surface area (Å²) in [5.41, 5.74) is 1.98. The van der Waals surface area contributed by atoms with E-state index in [1.807, 2.05) is 6.07 Å². The third kappa shape index (κ3) is 5.10. The smallest absolute Gasteiger partial charge is 0.260 e. The fourth-order valence-corrected chi connectivity index (χ4v) is 4.77. The van der Waals surface area contributed by atoms with Gasteiger partial charge in [0.2, 0.25) is 0 Å². The zero-order valence-electron chi connectivity index (χ0n) is 18.3. The molecule has 0 spiro atoms. The van der Waals surface area contributed by atoms with Crippen LogP contribution < -0.4 is 10.9 Å². The van der Waals surface area contributed by atoms with E-state index in [2.05, 4.69) is 15.3 Å². The van der Waals surface area contributed by atoms with Crippen LogP contribution in [0.5, 0.6) is 0 Å². The molecule has 0 aliphatic heterocycles. The predicted molar refractivity (Wildman–Crippen MR) is 129 cm³/mol. The first-order valence-electron chi connectivity index (χ1n) is 10.1. The van der Waals surface area contributed by atoms with Gasteiger partial charge in [-0.1, -0.05) is 12.1 Å². The molecule has 0 atom stereocenters. The molecule has 0 aliphatic carbocycles. The van der Waals surface area contributed by atoms with E-state index in [1.165, 1.54) is 46.5 Å². The highest BCUT2D eigenvalue weighted by molar-refractivity contribution is 7.90. The Kier molecular flexibility index (Phi) is 6.40. The Labute approximate surface area is 199 Å². The van der Waals surface area contributed by atoms with Crippen molar-refractivity contribution in [2.75, 3.05) is 12.8 Å². The number of aryl methyl sites for hydroxylation is 1. The van der Waals surface area contributed by atoms with Crippen molar-refractivity contribution in [3.8, 4) is 11.3 Å². The summed E-state index contributed by atoms with van der Waals surface area (Å²) in [5, 5.41) is 5.38. The Balaban J connectivity index is 1.41. The van der Waals surface area contributed by atoms with E-state index in [0.717, 1.165) is 11.8 Å². The maximum absolute atomic E-state index is 12.4. The van der Waals surface area contributed by atoms with E-state index in [4.69, 9.17) is 0 Å². The number of ketones is 1. The molecule has 34 heavy (non-hydrogen) atoms. The van der Waals surface area contributed by atoms with Gasteiger partial charge in [0.1, 0.15) is 5.01 Å². The lowest BCUT2D eigenvalue weighted by molar-refractivity contribution is -0.117. The minimum Gasteiger partial charge on any atom is -0.345 e. The quantitative estimate of drug-likeness (QED) is 0.414. The van der Waals surface area contributed by atoms with Crippen LogP contribution in [0.4, 0.5) is 0 Å².